The molecule has 2 heterocycles. The summed E-state index contributed by atoms with van der Waals surface area (Å²) in [5.74, 6) is 0.987. The lowest BCUT2D eigenvalue weighted by molar-refractivity contribution is 0.0736. The minimum atomic E-state index is 0.125. The SMILES string of the molecule is COc1cccc(CC2CCCN2C(=O)c2ccc(Cn3ccnc3)cc2)c1. The van der Waals surface area contributed by atoms with E-state index < -0.39 is 0 Å². The molecule has 1 unspecified atom stereocenters. The van der Waals surface area contributed by atoms with Crippen LogP contribution in [0.3, 0.4) is 0 Å². The molecule has 1 aliphatic heterocycles. The summed E-state index contributed by atoms with van der Waals surface area (Å²) >= 11 is 0. The second kappa shape index (κ2) is 8.30. The molecule has 0 N–H and O–H groups in total. The van der Waals surface area contributed by atoms with Crippen LogP contribution in [-0.2, 0) is 13.0 Å². The van der Waals surface area contributed by atoms with Crippen LogP contribution in [0.1, 0.15) is 34.3 Å². The number of nitrogens with zero attached hydrogens (tertiary/aromatic N) is 3. The summed E-state index contributed by atoms with van der Waals surface area (Å²) in [6.45, 7) is 1.58. The van der Waals surface area contributed by atoms with Gasteiger partial charge in [0.2, 0.25) is 0 Å². The molecule has 5 heteroatoms. The van der Waals surface area contributed by atoms with Crippen LogP contribution in [0.4, 0.5) is 0 Å². The van der Waals surface area contributed by atoms with Crippen LogP contribution in [0.2, 0.25) is 0 Å². The Balaban J connectivity index is 1.44. The first-order valence-electron chi connectivity index (χ1n) is 9.71. The molecule has 1 fully saturated rings. The maximum atomic E-state index is 13.1. The predicted octanol–water partition coefficient (Wildman–Crippen LogP) is 3.79. The first-order chi connectivity index (χ1) is 13.7. The van der Waals surface area contributed by atoms with Gasteiger partial charge in [0.25, 0.3) is 5.91 Å². The van der Waals surface area contributed by atoms with Gasteiger partial charge in [0.1, 0.15) is 5.75 Å². The van der Waals surface area contributed by atoms with Gasteiger partial charge in [0.15, 0.2) is 0 Å². The fourth-order valence-electron chi connectivity index (χ4n) is 3.90. The normalized spacial score (nSPS) is 16.3. The molecule has 0 radical (unpaired) electrons. The van der Waals surface area contributed by atoms with E-state index in [4.69, 9.17) is 4.74 Å². The van der Waals surface area contributed by atoms with Crippen LogP contribution < -0.4 is 4.74 Å². The van der Waals surface area contributed by atoms with Crippen LogP contribution in [-0.4, -0.2) is 40.1 Å². The van der Waals surface area contributed by atoms with Crippen molar-refractivity contribution in [1.82, 2.24) is 14.5 Å². The van der Waals surface area contributed by atoms with Gasteiger partial charge >= 0.3 is 0 Å². The highest BCUT2D eigenvalue weighted by molar-refractivity contribution is 5.94. The molecular weight excluding hydrogens is 350 g/mol. The predicted molar refractivity (Wildman–Crippen MR) is 109 cm³/mol. The number of hydrogen-bond acceptors (Lipinski definition) is 3. The van der Waals surface area contributed by atoms with Crippen LogP contribution in [0, 0.1) is 0 Å². The summed E-state index contributed by atoms with van der Waals surface area (Å²) in [6, 6.07) is 16.3. The van der Waals surface area contributed by atoms with Gasteiger partial charge in [0, 0.05) is 37.1 Å². The molecule has 1 saturated heterocycles. The number of hydrogen-bond donors (Lipinski definition) is 0. The Kier molecular flexibility index (Phi) is 5.42. The number of ether oxygens (including phenoxy) is 1. The maximum absolute atomic E-state index is 13.1. The Morgan fingerprint density at radius 2 is 2.04 bits per heavy atom. The zero-order valence-corrected chi connectivity index (χ0v) is 16.1. The lowest BCUT2D eigenvalue weighted by Gasteiger charge is -2.25. The summed E-state index contributed by atoms with van der Waals surface area (Å²) < 4.78 is 7.34. The van der Waals surface area contributed by atoms with Crippen LogP contribution in [0.5, 0.6) is 5.75 Å². The average molecular weight is 375 g/mol. The highest BCUT2D eigenvalue weighted by Gasteiger charge is 2.29. The molecule has 1 aromatic heterocycles. The minimum absolute atomic E-state index is 0.125. The standard InChI is InChI=1S/C23H25N3O2/c1-28-22-6-2-4-19(15-22)14-21-5-3-12-26(21)23(27)20-9-7-18(8-10-20)16-25-13-11-24-17-25/h2,4,6-11,13,15,17,21H,3,5,12,14,16H2,1H3. The van der Waals surface area contributed by atoms with Gasteiger partial charge in [-0.15, -0.1) is 0 Å². The third-order valence-electron chi connectivity index (χ3n) is 5.37. The number of carbonyl (C=O) groups excluding carboxylic acids is 1. The van der Waals surface area contributed by atoms with Crippen molar-refractivity contribution in [2.45, 2.75) is 31.8 Å². The Hall–Kier alpha value is -3.08. The van der Waals surface area contributed by atoms with E-state index in [1.54, 1.807) is 19.6 Å². The topological polar surface area (TPSA) is 47.4 Å². The van der Waals surface area contributed by atoms with Crippen LogP contribution in [0.25, 0.3) is 0 Å². The van der Waals surface area contributed by atoms with Crippen molar-refractivity contribution < 1.29 is 9.53 Å². The van der Waals surface area contributed by atoms with E-state index in [-0.39, 0.29) is 11.9 Å². The first-order valence-corrected chi connectivity index (χ1v) is 9.71. The highest BCUT2D eigenvalue weighted by Crippen LogP contribution is 2.25. The van der Waals surface area contributed by atoms with Crippen molar-refractivity contribution in [2.24, 2.45) is 0 Å². The van der Waals surface area contributed by atoms with E-state index in [9.17, 15) is 4.79 Å². The Morgan fingerprint density at radius 3 is 2.79 bits per heavy atom. The molecule has 0 spiro atoms. The summed E-state index contributed by atoms with van der Waals surface area (Å²) in [4.78, 5) is 19.2. The Labute approximate surface area is 165 Å². The maximum Gasteiger partial charge on any atom is 0.254 e. The molecule has 1 aliphatic rings. The van der Waals surface area contributed by atoms with E-state index in [1.807, 2.05) is 52.1 Å². The van der Waals surface area contributed by atoms with Gasteiger partial charge in [-0.1, -0.05) is 24.3 Å². The molecular formula is C23H25N3O2. The van der Waals surface area contributed by atoms with Crippen molar-refractivity contribution in [3.8, 4) is 5.75 Å². The second-order valence-electron chi connectivity index (χ2n) is 7.28. The van der Waals surface area contributed by atoms with Crippen molar-refractivity contribution in [3.63, 3.8) is 0 Å². The highest BCUT2D eigenvalue weighted by atomic mass is 16.5. The van der Waals surface area contributed by atoms with Crippen molar-refractivity contribution in [2.75, 3.05) is 13.7 Å². The number of rotatable bonds is 6. The number of benzene rings is 2. The fraction of sp³-hybridized carbons (Fsp3) is 0.304. The second-order valence-corrected chi connectivity index (χ2v) is 7.28. The molecule has 1 amide bonds. The van der Waals surface area contributed by atoms with Gasteiger partial charge in [0.05, 0.1) is 13.4 Å². The number of imidazole rings is 1. The van der Waals surface area contributed by atoms with Crippen molar-refractivity contribution in [3.05, 3.63) is 83.9 Å². The molecule has 0 saturated carbocycles. The largest absolute Gasteiger partial charge is 0.497 e. The lowest BCUT2D eigenvalue weighted by Crippen LogP contribution is -2.36. The molecule has 0 bridgehead atoms. The van der Waals surface area contributed by atoms with Gasteiger partial charge in [-0.05, 0) is 54.7 Å². The third-order valence-corrected chi connectivity index (χ3v) is 5.37. The minimum Gasteiger partial charge on any atom is -0.497 e. The third kappa shape index (κ3) is 4.09. The smallest absolute Gasteiger partial charge is 0.254 e. The van der Waals surface area contributed by atoms with Gasteiger partial charge in [-0.25, -0.2) is 4.98 Å². The number of aromatic nitrogens is 2. The van der Waals surface area contributed by atoms with E-state index in [2.05, 4.69) is 17.1 Å². The van der Waals surface area contributed by atoms with Gasteiger partial charge < -0.3 is 14.2 Å². The van der Waals surface area contributed by atoms with Crippen molar-refractivity contribution in [1.29, 1.82) is 0 Å². The molecule has 0 aliphatic carbocycles. The van der Waals surface area contributed by atoms with Crippen LogP contribution in [0.15, 0.2) is 67.3 Å². The zero-order valence-electron chi connectivity index (χ0n) is 16.1. The van der Waals surface area contributed by atoms with Crippen LogP contribution >= 0.6 is 0 Å². The Bertz CT molecular complexity index is 919. The van der Waals surface area contributed by atoms with E-state index in [1.165, 1.54) is 5.56 Å². The summed E-state index contributed by atoms with van der Waals surface area (Å²) in [5, 5.41) is 0. The quantitative estimate of drug-likeness (QED) is 0.659. The first kappa shape index (κ1) is 18.3. The number of carbonyl (C=O) groups is 1. The van der Waals surface area contributed by atoms with E-state index in [0.717, 1.165) is 49.2 Å². The monoisotopic (exact) mass is 375 g/mol. The average Bonchev–Trinajstić information content (AvgIpc) is 3.40. The van der Waals surface area contributed by atoms with Gasteiger partial charge in [-0.3, -0.25) is 4.79 Å². The van der Waals surface area contributed by atoms with E-state index in [0.29, 0.717) is 0 Å². The molecule has 3 aromatic rings. The zero-order chi connectivity index (χ0) is 19.3. The molecule has 28 heavy (non-hydrogen) atoms. The molecule has 1 atom stereocenters. The molecule has 144 valence electrons. The Morgan fingerprint density at radius 1 is 1.18 bits per heavy atom. The van der Waals surface area contributed by atoms with Crippen molar-refractivity contribution >= 4 is 5.91 Å². The summed E-state index contributed by atoms with van der Waals surface area (Å²) in [6.07, 6.45) is 8.47. The number of methoxy groups -OCH3 is 1. The molecule has 5 nitrogen and oxygen atoms in total. The number of amides is 1. The summed E-state index contributed by atoms with van der Waals surface area (Å²) in [7, 11) is 1.68. The molecule has 4 rings (SSSR count). The van der Waals surface area contributed by atoms with Gasteiger partial charge in [-0.2, -0.15) is 0 Å². The lowest BCUT2D eigenvalue weighted by atomic mass is 10.0. The number of likely N-dealkylation sites (tertiary alicyclic amines) is 1. The summed E-state index contributed by atoms with van der Waals surface area (Å²) in [5.41, 5.74) is 3.12. The fourth-order valence-corrected chi connectivity index (χ4v) is 3.90. The van der Waals surface area contributed by atoms with E-state index >= 15 is 0 Å². The molecule has 2 aromatic carbocycles.